The summed E-state index contributed by atoms with van der Waals surface area (Å²) in [7, 11) is 0. The van der Waals surface area contributed by atoms with Crippen LogP contribution >= 0.6 is 0 Å². The molecule has 8 nitrogen and oxygen atoms in total. The van der Waals surface area contributed by atoms with Gasteiger partial charge in [-0.1, -0.05) is 54.6 Å². The van der Waals surface area contributed by atoms with Crippen LogP contribution in [0.5, 0.6) is 5.75 Å². The summed E-state index contributed by atoms with van der Waals surface area (Å²) in [6.45, 7) is 3.62. The number of nitrogens with one attached hydrogen (secondary N) is 1. The van der Waals surface area contributed by atoms with Crippen molar-refractivity contribution in [1.82, 2.24) is 9.88 Å². The van der Waals surface area contributed by atoms with Crippen LogP contribution in [-0.2, 0) is 17.8 Å². The number of aliphatic hydroxyl groups excluding tert-OH is 2. The molecule has 4 rings (SSSR count). The van der Waals surface area contributed by atoms with Crippen LogP contribution in [0.25, 0.3) is 22.3 Å². The quantitative estimate of drug-likeness (QED) is 0.110. The lowest BCUT2D eigenvalue weighted by Gasteiger charge is -2.20. The molecule has 0 aliphatic heterocycles. The van der Waals surface area contributed by atoms with Gasteiger partial charge in [0, 0.05) is 29.4 Å². The van der Waals surface area contributed by atoms with Gasteiger partial charge in [0.1, 0.15) is 17.3 Å². The van der Waals surface area contributed by atoms with E-state index in [0.717, 1.165) is 6.07 Å². The third kappa shape index (κ3) is 9.43. The van der Waals surface area contributed by atoms with Gasteiger partial charge < -0.3 is 29.9 Å². The van der Waals surface area contributed by atoms with Crippen LogP contribution in [0.4, 0.5) is 17.6 Å². The predicted octanol–water partition coefficient (Wildman–Crippen LogP) is 6.89. The van der Waals surface area contributed by atoms with Crippen molar-refractivity contribution in [2.24, 2.45) is 0 Å². The van der Waals surface area contributed by atoms with Crippen LogP contribution in [0.3, 0.4) is 0 Å². The fourth-order valence-electron chi connectivity index (χ4n) is 5.63. The molecule has 1 amide bonds. The number of nitrogens with zero attached hydrogens (tertiary/aromatic N) is 1. The highest BCUT2D eigenvalue weighted by Crippen LogP contribution is 2.42. The van der Waals surface area contributed by atoms with E-state index in [1.165, 1.54) is 24.3 Å². The minimum atomic E-state index is -4.88. The molecule has 250 valence electrons. The predicted molar refractivity (Wildman–Crippen MR) is 167 cm³/mol. The van der Waals surface area contributed by atoms with E-state index in [2.05, 4.69) is 10.1 Å². The van der Waals surface area contributed by atoms with Crippen molar-refractivity contribution >= 4 is 11.9 Å². The molecule has 0 unspecified atom stereocenters. The number of rotatable bonds is 14. The van der Waals surface area contributed by atoms with Gasteiger partial charge in [-0.05, 0) is 74.1 Å². The van der Waals surface area contributed by atoms with Crippen molar-refractivity contribution in [1.29, 1.82) is 0 Å². The molecule has 0 aliphatic carbocycles. The van der Waals surface area contributed by atoms with E-state index in [1.54, 1.807) is 30.3 Å². The molecular weight excluding hydrogens is 620 g/mol. The Bertz CT molecular complexity index is 1670. The molecule has 0 aliphatic rings. The zero-order valence-electron chi connectivity index (χ0n) is 25.8. The number of aliphatic carboxylic acids is 1. The van der Waals surface area contributed by atoms with Gasteiger partial charge >= 0.3 is 12.3 Å². The van der Waals surface area contributed by atoms with Crippen molar-refractivity contribution < 1.29 is 47.2 Å². The van der Waals surface area contributed by atoms with E-state index in [0.29, 0.717) is 33.5 Å². The van der Waals surface area contributed by atoms with Gasteiger partial charge in [0.25, 0.3) is 5.91 Å². The van der Waals surface area contributed by atoms with Crippen LogP contribution in [0, 0.1) is 5.82 Å². The SMILES string of the molecule is CC(C)n1c(CC[C@@H](O)C[C@@H](O)CC(=O)O)c(-c2ccc(F)cc2)c(-c2ccccc2)c1C(=O)NCc1cccc(OC(F)(F)F)c1. The molecule has 0 saturated carbocycles. The molecule has 0 spiro atoms. The highest BCUT2D eigenvalue weighted by molar-refractivity contribution is 6.05. The Hall–Kier alpha value is -4.68. The molecule has 0 saturated heterocycles. The fraction of sp³-hybridized carbons (Fsp3) is 0.314. The molecule has 4 N–H and O–H groups in total. The van der Waals surface area contributed by atoms with Crippen LogP contribution in [0.15, 0.2) is 78.9 Å². The van der Waals surface area contributed by atoms with Gasteiger partial charge in [-0.25, -0.2) is 4.39 Å². The average Bonchev–Trinajstić information content (AvgIpc) is 3.34. The number of carbonyl (C=O) groups excluding carboxylic acids is 1. The Labute approximate surface area is 269 Å². The minimum Gasteiger partial charge on any atom is -0.481 e. The third-order valence-electron chi connectivity index (χ3n) is 7.49. The highest BCUT2D eigenvalue weighted by Gasteiger charge is 2.32. The number of amides is 1. The largest absolute Gasteiger partial charge is 0.573 e. The van der Waals surface area contributed by atoms with E-state index >= 15 is 0 Å². The summed E-state index contributed by atoms with van der Waals surface area (Å²) in [6, 6.07) is 19.8. The lowest BCUT2D eigenvalue weighted by molar-refractivity contribution is -0.274. The van der Waals surface area contributed by atoms with Crippen molar-refractivity contribution in [2.45, 2.75) is 70.7 Å². The molecule has 0 radical (unpaired) electrons. The fourth-order valence-corrected chi connectivity index (χ4v) is 5.63. The summed E-state index contributed by atoms with van der Waals surface area (Å²) in [4.78, 5) is 25.2. The number of carboxylic acid groups (broad SMARTS) is 1. The van der Waals surface area contributed by atoms with Crippen LogP contribution < -0.4 is 10.1 Å². The molecule has 47 heavy (non-hydrogen) atoms. The van der Waals surface area contributed by atoms with Gasteiger partial charge in [-0.2, -0.15) is 0 Å². The zero-order valence-corrected chi connectivity index (χ0v) is 25.8. The lowest BCUT2D eigenvalue weighted by atomic mass is 9.92. The summed E-state index contributed by atoms with van der Waals surface area (Å²) in [5.41, 5.74) is 3.70. The molecule has 3 aromatic carbocycles. The van der Waals surface area contributed by atoms with Crippen LogP contribution in [0.1, 0.15) is 60.9 Å². The van der Waals surface area contributed by atoms with Crippen molar-refractivity contribution in [2.75, 3.05) is 0 Å². The monoisotopic (exact) mass is 656 g/mol. The minimum absolute atomic E-state index is 0.114. The lowest BCUT2D eigenvalue weighted by Crippen LogP contribution is -2.27. The van der Waals surface area contributed by atoms with Gasteiger partial charge in [0.15, 0.2) is 0 Å². The Morgan fingerprint density at radius 1 is 0.894 bits per heavy atom. The second kappa shape index (κ2) is 15.3. The first-order valence-corrected chi connectivity index (χ1v) is 15.0. The van der Waals surface area contributed by atoms with Crippen molar-refractivity contribution in [3.8, 4) is 28.0 Å². The summed E-state index contributed by atoms with van der Waals surface area (Å²) in [6.07, 6.45) is -7.56. The molecule has 1 heterocycles. The van der Waals surface area contributed by atoms with Gasteiger partial charge in [0.05, 0.1) is 18.6 Å². The molecule has 0 fully saturated rings. The second-order valence-electron chi connectivity index (χ2n) is 11.4. The van der Waals surface area contributed by atoms with E-state index in [1.807, 2.05) is 36.6 Å². The van der Waals surface area contributed by atoms with Gasteiger partial charge in [-0.15, -0.1) is 13.2 Å². The van der Waals surface area contributed by atoms with Crippen molar-refractivity contribution in [3.63, 3.8) is 0 Å². The van der Waals surface area contributed by atoms with Crippen molar-refractivity contribution in [3.05, 3.63) is 102 Å². The number of ether oxygens (including phenoxy) is 1. The molecule has 4 aromatic rings. The first-order chi connectivity index (χ1) is 22.2. The number of carbonyl (C=O) groups is 2. The third-order valence-corrected chi connectivity index (χ3v) is 7.49. The maximum atomic E-state index is 14.1. The zero-order chi connectivity index (χ0) is 34.3. The standard InChI is InChI=1S/C35H36F4N2O6/c1-21(2)41-29(16-15-26(42)18-27(43)19-30(44)45)31(24-11-13-25(36)14-12-24)32(23-8-4-3-5-9-23)33(41)34(46)40-20-22-7-6-10-28(17-22)47-35(37,38)39/h3-14,17,21,26-27,42-43H,15-16,18-20H2,1-2H3,(H,40,46)(H,44,45)/t26-,27-/m1/s1. The van der Waals surface area contributed by atoms with E-state index in [-0.39, 0.29) is 37.5 Å². The number of hydrogen-bond acceptors (Lipinski definition) is 5. The van der Waals surface area contributed by atoms with E-state index in [4.69, 9.17) is 5.11 Å². The van der Waals surface area contributed by atoms with E-state index in [9.17, 15) is 37.4 Å². The Morgan fingerprint density at radius 3 is 2.17 bits per heavy atom. The second-order valence-corrected chi connectivity index (χ2v) is 11.4. The number of carboxylic acids is 1. The Morgan fingerprint density at radius 2 is 1.55 bits per heavy atom. The number of alkyl halides is 3. The molecule has 12 heteroatoms. The summed E-state index contributed by atoms with van der Waals surface area (Å²) in [5.74, 6) is -2.60. The van der Waals surface area contributed by atoms with E-state index < -0.39 is 48.4 Å². The first kappa shape index (κ1) is 35.2. The van der Waals surface area contributed by atoms with Gasteiger partial charge in [0.2, 0.25) is 0 Å². The molecular formula is C35H36F4N2O6. The summed E-state index contributed by atoms with van der Waals surface area (Å²) in [5, 5.41) is 32.7. The topological polar surface area (TPSA) is 121 Å². The summed E-state index contributed by atoms with van der Waals surface area (Å²) >= 11 is 0. The number of hydrogen-bond donors (Lipinski definition) is 4. The van der Waals surface area contributed by atoms with Gasteiger partial charge in [-0.3, -0.25) is 9.59 Å². The maximum Gasteiger partial charge on any atom is 0.573 e. The maximum absolute atomic E-state index is 14.1. The normalized spacial score (nSPS) is 13.0. The Balaban J connectivity index is 1.81. The first-order valence-electron chi connectivity index (χ1n) is 15.0. The highest BCUT2D eigenvalue weighted by atomic mass is 19.4. The summed E-state index contributed by atoms with van der Waals surface area (Å²) < 4.78 is 58.3. The average molecular weight is 657 g/mol. The molecule has 0 bridgehead atoms. The van der Waals surface area contributed by atoms with Crippen LogP contribution in [-0.4, -0.2) is 50.3 Å². The molecule has 2 atom stereocenters. The Kier molecular flexibility index (Phi) is 11.4. The number of aromatic nitrogens is 1. The number of aliphatic hydroxyl groups is 2. The molecule has 1 aromatic heterocycles. The number of benzene rings is 3. The van der Waals surface area contributed by atoms with Crippen LogP contribution in [0.2, 0.25) is 0 Å². The number of halogens is 4. The smallest absolute Gasteiger partial charge is 0.481 e.